The first-order valence-corrected chi connectivity index (χ1v) is 7.93. The Kier molecular flexibility index (Phi) is 4.02. The molecule has 3 aromatic rings. The van der Waals surface area contributed by atoms with E-state index in [1.54, 1.807) is 11.3 Å². The van der Waals surface area contributed by atoms with Gasteiger partial charge in [-0.1, -0.05) is 42.0 Å². The van der Waals surface area contributed by atoms with Gasteiger partial charge in [0.1, 0.15) is 5.01 Å². The van der Waals surface area contributed by atoms with Gasteiger partial charge in [-0.05, 0) is 31.5 Å². The molecule has 2 aromatic carbocycles. The summed E-state index contributed by atoms with van der Waals surface area (Å²) in [6.07, 6.45) is 1.84. The molecular formula is C18H18N2S. The lowest BCUT2D eigenvalue weighted by atomic mass is 10.1. The molecule has 0 bridgehead atoms. The third kappa shape index (κ3) is 3.31. The van der Waals surface area contributed by atoms with Crippen LogP contribution < -0.4 is 5.32 Å². The van der Waals surface area contributed by atoms with Crippen molar-refractivity contribution >= 4 is 17.0 Å². The molecule has 1 heterocycles. The Labute approximate surface area is 129 Å². The van der Waals surface area contributed by atoms with Crippen LogP contribution in [-0.2, 0) is 0 Å². The van der Waals surface area contributed by atoms with Crippen LogP contribution in [0.5, 0.6) is 0 Å². The molecule has 3 heteroatoms. The summed E-state index contributed by atoms with van der Waals surface area (Å²) in [6, 6.07) is 17.4. The van der Waals surface area contributed by atoms with Gasteiger partial charge in [-0.3, -0.25) is 0 Å². The number of benzene rings is 2. The van der Waals surface area contributed by atoms with Crippen molar-refractivity contribution in [3.8, 4) is 10.6 Å². The largest absolute Gasteiger partial charge is 0.379 e. The molecule has 1 N–H and O–H groups in total. The number of aromatic nitrogens is 1. The van der Waals surface area contributed by atoms with Crippen LogP contribution in [0, 0.1) is 6.92 Å². The normalized spacial score (nSPS) is 12.1. The average molecular weight is 294 g/mol. The summed E-state index contributed by atoms with van der Waals surface area (Å²) in [5.74, 6) is 0. The Morgan fingerprint density at radius 3 is 2.62 bits per heavy atom. The second kappa shape index (κ2) is 6.10. The average Bonchev–Trinajstić information content (AvgIpc) is 3.02. The number of hydrogen-bond acceptors (Lipinski definition) is 3. The topological polar surface area (TPSA) is 24.9 Å². The molecule has 106 valence electrons. The Morgan fingerprint density at radius 2 is 1.90 bits per heavy atom. The van der Waals surface area contributed by atoms with Crippen LogP contribution in [-0.4, -0.2) is 4.98 Å². The van der Waals surface area contributed by atoms with Gasteiger partial charge in [0, 0.05) is 28.9 Å². The van der Waals surface area contributed by atoms with Gasteiger partial charge in [0.2, 0.25) is 0 Å². The summed E-state index contributed by atoms with van der Waals surface area (Å²) in [4.78, 5) is 4.37. The summed E-state index contributed by atoms with van der Waals surface area (Å²) in [5, 5.41) is 6.62. The molecule has 2 nitrogen and oxygen atoms in total. The van der Waals surface area contributed by atoms with E-state index in [4.69, 9.17) is 0 Å². The minimum atomic E-state index is 0.275. The van der Waals surface area contributed by atoms with E-state index in [1.807, 2.05) is 11.6 Å². The van der Waals surface area contributed by atoms with Gasteiger partial charge in [-0.25, -0.2) is 4.98 Å². The first-order valence-electron chi connectivity index (χ1n) is 7.05. The fourth-order valence-electron chi connectivity index (χ4n) is 2.30. The van der Waals surface area contributed by atoms with Crippen molar-refractivity contribution in [2.75, 3.05) is 5.32 Å². The first kappa shape index (κ1) is 13.8. The molecule has 0 amide bonds. The summed E-state index contributed by atoms with van der Waals surface area (Å²) in [7, 11) is 0. The van der Waals surface area contributed by atoms with Crippen molar-refractivity contribution in [3.63, 3.8) is 0 Å². The van der Waals surface area contributed by atoms with E-state index in [9.17, 15) is 0 Å². The molecule has 0 fully saturated rings. The van der Waals surface area contributed by atoms with E-state index in [0.29, 0.717) is 0 Å². The van der Waals surface area contributed by atoms with Crippen molar-refractivity contribution in [2.24, 2.45) is 0 Å². The molecule has 0 radical (unpaired) electrons. The Morgan fingerprint density at radius 1 is 1.10 bits per heavy atom. The third-order valence-corrected chi connectivity index (χ3v) is 4.32. The summed E-state index contributed by atoms with van der Waals surface area (Å²) in [6.45, 7) is 4.29. The van der Waals surface area contributed by atoms with Gasteiger partial charge in [0.15, 0.2) is 0 Å². The fraction of sp³-hybridized carbons (Fsp3) is 0.167. The quantitative estimate of drug-likeness (QED) is 0.707. The minimum Gasteiger partial charge on any atom is -0.379 e. The summed E-state index contributed by atoms with van der Waals surface area (Å²) >= 11 is 1.66. The molecule has 21 heavy (non-hydrogen) atoms. The minimum absolute atomic E-state index is 0.275. The zero-order valence-corrected chi connectivity index (χ0v) is 13.0. The number of aryl methyl sites for hydroxylation is 1. The van der Waals surface area contributed by atoms with Crippen molar-refractivity contribution in [3.05, 3.63) is 71.2 Å². The maximum absolute atomic E-state index is 4.37. The van der Waals surface area contributed by atoms with Gasteiger partial charge in [0.05, 0.1) is 0 Å². The van der Waals surface area contributed by atoms with Gasteiger partial charge in [0.25, 0.3) is 0 Å². The fourth-order valence-corrected chi connectivity index (χ4v) is 2.93. The van der Waals surface area contributed by atoms with E-state index in [-0.39, 0.29) is 6.04 Å². The van der Waals surface area contributed by atoms with Crippen molar-refractivity contribution in [2.45, 2.75) is 19.9 Å². The number of anilines is 1. The predicted molar refractivity (Wildman–Crippen MR) is 90.8 cm³/mol. The zero-order valence-electron chi connectivity index (χ0n) is 12.2. The molecule has 1 atom stereocenters. The lowest BCUT2D eigenvalue weighted by Gasteiger charge is -2.16. The van der Waals surface area contributed by atoms with Crippen molar-refractivity contribution < 1.29 is 0 Å². The first-order chi connectivity index (χ1) is 10.2. The number of rotatable bonds is 4. The molecule has 0 saturated carbocycles. The SMILES string of the molecule is Cc1ccc(C(C)Nc2cccc(-c3nccs3)c2)cc1. The van der Waals surface area contributed by atoms with Crippen molar-refractivity contribution in [1.82, 2.24) is 4.98 Å². The van der Waals surface area contributed by atoms with Gasteiger partial charge in [-0.2, -0.15) is 0 Å². The maximum Gasteiger partial charge on any atom is 0.123 e. The van der Waals surface area contributed by atoms with E-state index in [0.717, 1.165) is 16.3 Å². The molecule has 1 unspecified atom stereocenters. The third-order valence-electron chi connectivity index (χ3n) is 3.50. The number of hydrogen-bond donors (Lipinski definition) is 1. The second-order valence-electron chi connectivity index (χ2n) is 5.19. The van der Waals surface area contributed by atoms with Crippen LogP contribution in [0.1, 0.15) is 24.1 Å². The summed E-state index contributed by atoms with van der Waals surface area (Å²) < 4.78 is 0. The van der Waals surface area contributed by atoms with E-state index in [1.165, 1.54) is 11.1 Å². The highest BCUT2D eigenvalue weighted by Gasteiger charge is 2.06. The molecule has 0 spiro atoms. The smallest absolute Gasteiger partial charge is 0.123 e. The van der Waals surface area contributed by atoms with Crippen LogP contribution >= 0.6 is 11.3 Å². The number of thiazole rings is 1. The van der Waals surface area contributed by atoms with Crippen LogP contribution in [0.4, 0.5) is 5.69 Å². The molecule has 3 rings (SSSR count). The van der Waals surface area contributed by atoms with Crippen molar-refractivity contribution in [1.29, 1.82) is 0 Å². The highest BCUT2D eigenvalue weighted by molar-refractivity contribution is 7.13. The van der Waals surface area contributed by atoms with Gasteiger partial charge >= 0.3 is 0 Å². The molecule has 0 saturated heterocycles. The van der Waals surface area contributed by atoms with Gasteiger partial charge in [-0.15, -0.1) is 11.3 Å². The number of nitrogens with one attached hydrogen (secondary N) is 1. The van der Waals surface area contributed by atoms with E-state index in [2.05, 4.69) is 72.7 Å². The second-order valence-corrected chi connectivity index (χ2v) is 6.09. The van der Waals surface area contributed by atoms with Crippen LogP contribution in [0.15, 0.2) is 60.1 Å². The molecule has 0 aliphatic heterocycles. The van der Waals surface area contributed by atoms with Gasteiger partial charge < -0.3 is 5.32 Å². The molecular weight excluding hydrogens is 276 g/mol. The van der Waals surface area contributed by atoms with Crippen LogP contribution in [0.25, 0.3) is 10.6 Å². The standard InChI is InChI=1S/C18H18N2S/c1-13-6-8-15(9-7-13)14(2)20-17-5-3-4-16(12-17)18-19-10-11-21-18/h3-12,14,20H,1-2H3. The highest BCUT2D eigenvalue weighted by atomic mass is 32.1. The molecule has 1 aromatic heterocycles. The Balaban J connectivity index is 1.78. The lowest BCUT2D eigenvalue weighted by Crippen LogP contribution is -2.06. The lowest BCUT2D eigenvalue weighted by molar-refractivity contribution is 0.884. The van der Waals surface area contributed by atoms with Crippen LogP contribution in [0.3, 0.4) is 0 Å². The predicted octanol–water partition coefficient (Wildman–Crippen LogP) is 5.29. The van der Waals surface area contributed by atoms with E-state index < -0.39 is 0 Å². The monoisotopic (exact) mass is 294 g/mol. The molecule has 0 aliphatic carbocycles. The summed E-state index contributed by atoms with van der Waals surface area (Å²) in [5.41, 5.74) is 4.86. The van der Waals surface area contributed by atoms with E-state index >= 15 is 0 Å². The Hall–Kier alpha value is -2.13. The zero-order chi connectivity index (χ0) is 14.7. The molecule has 0 aliphatic rings. The highest BCUT2D eigenvalue weighted by Crippen LogP contribution is 2.26. The Bertz CT molecular complexity index is 702. The maximum atomic E-state index is 4.37. The number of nitrogens with zero attached hydrogens (tertiary/aromatic N) is 1. The van der Waals surface area contributed by atoms with Crippen LogP contribution in [0.2, 0.25) is 0 Å².